The summed E-state index contributed by atoms with van der Waals surface area (Å²) in [4.78, 5) is 0. The average molecular weight is 264 g/mol. The smallest absolute Gasteiger partial charge is 0.134 e. The first-order chi connectivity index (χ1) is 8.95. The highest BCUT2D eigenvalue weighted by molar-refractivity contribution is 5.27. The van der Waals surface area contributed by atoms with Crippen molar-refractivity contribution in [1.82, 2.24) is 0 Å². The summed E-state index contributed by atoms with van der Waals surface area (Å²) in [6.07, 6.45) is 1.13. The molecule has 1 aromatic rings. The zero-order chi connectivity index (χ0) is 13.9. The molecule has 2 rings (SSSR count). The Balaban J connectivity index is 2.06. The number of hydrogen-bond donors (Lipinski definition) is 1. The summed E-state index contributed by atoms with van der Waals surface area (Å²) in [6.45, 7) is 10.1. The number of morpholine rings is 1. The van der Waals surface area contributed by atoms with Gasteiger partial charge in [-0.2, -0.15) is 4.65 Å². The predicted molar refractivity (Wildman–Crippen MR) is 76.1 cm³/mol. The SMILES string of the molecule is CCC(C)(C)c1ccc(C[N+]2(O)CCOCC2)cc1. The lowest BCUT2D eigenvalue weighted by Crippen LogP contribution is -2.51. The number of nitrogens with zero attached hydrogens (tertiary/aromatic N) is 1. The third-order valence-corrected chi connectivity index (χ3v) is 4.40. The molecule has 0 radical (unpaired) electrons. The number of benzene rings is 1. The molecule has 0 aromatic heterocycles. The first kappa shape index (κ1) is 14.5. The second-order valence-electron chi connectivity index (χ2n) is 6.25. The summed E-state index contributed by atoms with van der Waals surface area (Å²) in [5, 5.41) is 10.5. The highest BCUT2D eigenvalue weighted by Gasteiger charge is 2.29. The Labute approximate surface area is 116 Å². The van der Waals surface area contributed by atoms with Gasteiger partial charge in [0, 0.05) is 5.56 Å². The van der Waals surface area contributed by atoms with Gasteiger partial charge in [-0.25, -0.2) is 5.21 Å². The van der Waals surface area contributed by atoms with E-state index in [0.717, 1.165) is 6.42 Å². The van der Waals surface area contributed by atoms with Gasteiger partial charge in [0.2, 0.25) is 0 Å². The topological polar surface area (TPSA) is 29.5 Å². The minimum Gasteiger partial charge on any atom is -0.370 e. The first-order valence-electron chi connectivity index (χ1n) is 7.21. The van der Waals surface area contributed by atoms with Gasteiger partial charge < -0.3 is 4.74 Å². The van der Waals surface area contributed by atoms with Gasteiger partial charge in [-0.1, -0.05) is 45.0 Å². The van der Waals surface area contributed by atoms with Crippen LogP contribution >= 0.6 is 0 Å². The van der Waals surface area contributed by atoms with E-state index in [4.69, 9.17) is 4.74 Å². The average Bonchev–Trinajstić information content (AvgIpc) is 2.40. The summed E-state index contributed by atoms with van der Waals surface area (Å²) < 4.78 is 5.41. The normalized spacial score (nSPS) is 19.4. The number of rotatable bonds is 4. The van der Waals surface area contributed by atoms with Crippen LogP contribution in [0, 0.1) is 0 Å². The summed E-state index contributed by atoms with van der Waals surface area (Å²) in [5.74, 6) is 0. The fraction of sp³-hybridized carbons (Fsp3) is 0.625. The second kappa shape index (κ2) is 5.61. The van der Waals surface area contributed by atoms with Crippen LogP contribution in [-0.4, -0.2) is 36.2 Å². The molecule has 1 saturated heterocycles. The van der Waals surface area contributed by atoms with Gasteiger partial charge >= 0.3 is 0 Å². The van der Waals surface area contributed by atoms with Gasteiger partial charge in [-0.3, -0.25) is 0 Å². The van der Waals surface area contributed by atoms with Crippen molar-refractivity contribution in [2.45, 2.75) is 39.2 Å². The zero-order valence-electron chi connectivity index (χ0n) is 12.4. The lowest BCUT2D eigenvalue weighted by atomic mass is 9.82. The van der Waals surface area contributed by atoms with E-state index < -0.39 is 0 Å². The third kappa shape index (κ3) is 3.56. The van der Waals surface area contributed by atoms with E-state index in [1.165, 1.54) is 11.1 Å². The van der Waals surface area contributed by atoms with Gasteiger partial charge in [0.25, 0.3) is 0 Å². The molecule has 1 aliphatic rings. The Kier molecular flexibility index (Phi) is 4.29. The molecule has 0 spiro atoms. The minimum atomic E-state index is 0.108. The maximum absolute atomic E-state index is 10.5. The number of hydroxylamine groups is 3. The van der Waals surface area contributed by atoms with Gasteiger partial charge in [-0.15, -0.1) is 0 Å². The van der Waals surface area contributed by atoms with Gasteiger partial charge in [0.1, 0.15) is 19.6 Å². The van der Waals surface area contributed by atoms with E-state index in [1.54, 1.807) is 0 Å². The van der Waals surface area contributed by atoms with Crippen LogP contribution in [0.4, 0.5) is 0 Å². The lowest BCUT2D eigenvalue weighted by molar-refractivity contribution is -1.12. The molecule has 0 unspecified atom stereocenters. The van der Waals surface area contributed by atoms with Crippen molar-refractivity contribution in [3.05, 3.63) is 35.4 Å². The zero-order valence-corrected chi connectivity index (χ0v) is 12.4. The molecule has 1 N–H and O–H groups in total. The van der Waals surface area contributed by atoms with Crippen LogP contribution in [0.3, 0.4) is 0 Å². The first-order valence-corrected chi connectivity index (χ1v) is 7.21. The fourth-order valence-corrected chi connectivity index (χ4v) is 2.45. The summed E-state index contributed by atoms with van der Waals surface area (Å²) in [6, 6.07) is 8.70. The molecule has 3 nitrogen and oxygen atoms in total. The fourth-order valence-electron chi connectivity index (χ4n) is 2.45. The van der Waals surface area contributed by atoms with Crippen molar-refractivity contribution in [3.63, 3.8) is 0 Å². The maximum atomic E-state index is 10.5. The number of ether oxygens (including phenoxy) is 1. The molecular formula is C16H26NO2+. The number of hydrogen-bond acceptors (Lipinski definition) is 2. The Bertz CT molecular complexity index is 405. The minimum absolute atomic E-state index is 0.108. The van der Waals surface area contributed by atoms with E-state index in [1.807, 2.05) is 0 Å². The molecule has 19 heavy (non-hydrogen) atoms. The Hall–Kier alpha value is -0.900. The second-order valence-corrected chi connectivity index (χ2v) is 6.25. The standard InChI is InChI=1S/C16H26NO2/c1-4-16(2,3)15-7-5-14(6-8-15)13-17(18)9-11-19-12-10-17/h5-8,18H,4,9-13H2,1-3H3/q+1. The van der Waals surface area contributed by atoms with E-state index in [-0.39, 0.29) is 10.1 Å². The van der Waals surface area contributed by atoms with Gasteiger partial charge in [0.15, 0.2) is 0 Å². The molecule has 0 atom stereocenters. The molecule has 3 heteroatoms. The van der Waals surface area contributed by atoms with Crippen molar-refractivity contribution in [2.75, 3.05) is 26.3 Å². The molecule has 1 aliphatic heterocycles. The molecule has 0 amide bonds. The molecule has 1 aromatic carbocycles. The third-order valence-electron chi connectivity index (χ3n) is 4.40. The van der Waals surface area contributed by atoms with E-state index in [0.29, 0.717) is 32.8 Å². The van der Waals surface area contributed by atoms with Crippen LogP contribution in [0.15, 0.2) is 24.3 Å². The quantitative estimate of drug-likeness (QED) is 0.847. The van der Waals surface area contributed by atoms with Crippen LogP contribution in [0.25, 0.3) is 0 Å². The largest absolute Gasteiger partial charge is 0.370 e. The van der Waals surface area contributed by atoms with Crippen molar-refractivity contribution >= 4 is 0 Å². The lowest BCUT2D eigenvalue weighted by Gasteiger charge is -2.33. The molecule has 1 heterocycles. The maximum Gasteiger partial charge on any atom is 0.134 e. The summed E-state index contributed by atoms with van der Waals surface area (Å²) in [7, 11) is 0. The van der Waals surface area contributed by atoms with Crippen molar-refractivity contribution < 1.29 is 14.6 Å². The van der Waals surface area contributed by atoms with Crippen LogP contribution < -0.4 is 0 Å². The molecule has 1 fully saturated rings. The molecular weight excluding hydrogens is 238 g/mol. The highest BCUT2D eigenvalue weighted by atomic mass is 16.6. The van der Waals surface area contributed by atoms with Crippen molar-refractivity contribution in [1.29, 1.82) is 0 Å². The molecule has 0 saturated carbocycles. The number of quaternary nitrogens is 1. The summed E-state index contributed by atoms with van der Waals surface area (Å²) >= 11 is 0. The van der Waals surface area contributed by atoms with Crippen LogP contribution in [0.2, 0.25) is 0 Å². The van der Waals surface area contributed by atoms with E-state index in [2.05, 4.69) is 45.0 Å². The molecule has 0 bridgehead atoms. The van der Waals surface area contributed by atoms with Gasteiger partial charge in [0.05, 0.1) is 13.2 Å². The van der Waals surface area contributed by atoms with Crippen LogP contribution in [0.1, 0.15) is 38.3 Å². The van der Waals surface area contributed by atoms with E-state index in [9.17, 15) is 5.21 Å². The predicted octanol–water partition coefficient (Wildman–Crippen LogP) is 3.11. The van der Waals surface area contributed by atoms with Crippen molar-refractivity contribution in [3.8, 4) is 0 Å². The Morgan fingerprint density at radius 3 is 2.26 bits per heavy atom. The Morgan fingerprint density at radius 2 is 1.74 bits per heavy atom. The Morgan fingerprint density at radius 1 is 1.16 bits per heavy atom. The summed E-state index contributed by atoms with van der Waals surface area (Å²) in [5.41, 5.74) is 2.79. The van der Waals surface area contributed by atoms with Crippen LogP contribution in [0.5, 0.6) is 0 Å². The van der Waals surface area contributed by atoms with E-state index >= 15 is 0 Å². The monoisotopic (exact) mass is 264 g/mol. The molecule has 106 valence electrons. The highest BCUT2D eigenvalue weighted by Crippen LogP contribution is 2.27. The molecule has 0 aliphatic carbocycles. The van der Waals surface area contributed by atoms with Gasteiger partial charge in [-0.05, 0) is 17.4 Å². The van der Waals surface area contributed by atoms with Crippen LogP contribution in [-0.2, 0) is 16.7 Å². The van der Waals surface area contributed by atoms with Crippen molar-refractivity contribution in [2.24, 2.45) is 0 Å².